The first-order valence-electron chi connectivity index (χ1n) is 15.2. The molecule has 0 aliphatic heterocycles. The van der Waals surface area contributed by atoms with Crippen molar-refractivity contribution in [3.05, 3.63) is 136 Å². The van der Waals surface area contributed by atoms with Crippen LogP contribution in [0.15, 0.2) is 113 Å². The summed E-state index contributed by atoms with van der Waals surface area (Å²) >= 11 is 1.52. The number of aromatic nitrogens is 2. The van der Waals surface area contributed by atoms with Crippen molar-refractivity contribution in [1.82, 2.24) is 14.3 Å². The zero-order valence-electron chi connectivity index (χ0n) is 25.8. The van der Waals surface area contributed by atoms with Gasteiger partial charge >= 0.3 is 12.1 Å². The van der Waals surface area contributed by atoms with Gasteiger partial charge in [0, 0.05) is 35.4 Å². The van der Waals surface area contributed by atoms with Crippen LogP contribution in [0, 0.1) is 0 Å². The summed E-state index contributed by atoms with van der Waals surface area (Å²) in [4.78, 5) is 30.1. The molecule has 2 aromatic heterocycles. The number of carbonyl (C=O) groups is 2. The van der Waals surface area contributed by atoms with Crippen LogP contribution in [0.1, 0.15) is 47.3 Å². The quantitative estimate of drug-likeness (QED) is 0.119. The van der Waals surface area contributed by atoms with E-state index in [-0.39, 0.29) is 17.1 Å². The molecular formula is C36H35N3O6S2. The number of carboxylic acid groups (broad SMARTS) is 1. The Balaban J connectivity index is 1.36. The maximum absolute atomic E-state index is 13.3. The zero-order valence-corrected chi connectivity index (χ0v) is 27.5. The molecule has 5 rings (SSSR count). The van der Waals surface area contributed by atoms with Crippen molar-refractivity contribution in [2.24, 2.45) is 0 Å². The number of amides is 1. The predicted molar refractivity (Wildman–Crippen MR) is 182 cm³/mol. The Labute approximate surface area is 278 Å². The van der Waals surface area contributed by atoms with Crippen LogP contribution in [0.4, 0.5) is 4.79 Å². The van der Waals surface area contributed by atoms with Gasteiger partial charge in [0.25, 0.3) is 10.0 Å². The Kier molecular flexibility index (Phi) is 11.0. The Bertz CT molecular complexity index is 1950. The highest BCUT2D eigenvalue weighted by Crippen LogP contribution is 2.28. The molecule has 0 aliphatic rings. The molecule has 0 bridgehead atoms. The lowest BCUT2D eigenvalue weighted by atomic mass is 10.0. The lowest BCUT2D eigenvalue weighted by Crippen LogP contribution is -2.31. The van der Waals surface area contributed by atoms with Crippen LogP contribution in [0.2, 0.25) is 0 Å². The van der Waals surface area contributed by atoms with Crippen molar-refractivity contribution < 1.29 is 27.9 Å². The number of sulfonamides is 1. The zero-order chi connectivity index (χ0) is 33.2. The van der Waals surface area contributed by atoms with E-state index >= 15 is 0 Å². The Morgan fingerprint density at radius 1 is 0.957 bits per heavy atom. The topological polar surface area (TPSA) is 128 Å². The number of carboxylic acids is 1. The van der Waals surface area contributed by atoms with Crippen LogP contribution in [0.25, 0.3) is 17.2 Å². The number of nitrogens with zero attached hydrogens (tertiary/aromatic N) is 2. The van der Waals surface area contributed by atoms with Gasteiger partial charge in [-0.25, -0.2) is 27.7 Å². The van der Waals surface area contributed by atoms with Gasteiger partial charge in [-0.2, -0.15) is 0 Å². The average molecular weight is 670 g/mol. The minimum absolute atomic E-state index is 0.0553. The molecule has 0 aliphatic carbocycles. The highest BCUT2D eigenvalue weighted by Gasteiger charge is 2.23. The van der Waals surface area contributed by atoms with E-state index in [0.29, 0.717) is 29.8 Å². The van der Waals surface area contributed by atoms with E-state index in [4.69, 9.17) is 4.74 Å². The number of aliphatic carboxylic acids is 1. The molecule has 0 fully saturated rings. The smallest absolute Gasteiger partial charge is 0.421 e. The van der Waals surface area contributed by atoms with E-state index < -0.39 is 22.1 Å². The number of nitrogens with one attached hydrogen (secondary N) is 1. The highest BCUT2D eigenvalue weighted by atomic mass is 32.2. The van der Waals surface area contributed by atoms with Gasteiger partial charge < -0.3 is 14.4 Å². The van der Waals surface area contributed by atoms with Gasteiger partial charge in [0.05, 0.1) is 16.8 Å². The van der Waals surface area contributed by atoms with Gasteiger partial charge in [0.1, 0.15) is 12.4 Å². The van der Waals surface area contributed by atoms with Gasteiger partial charge in [0.2, 0.25) is 0 Å². The number of rotatable bonds is 14. The van der Waals surface area contributed by atoms with Crippen LogP contribution < -0.4 is 4.72 Å². The van der Waals surface area contributed by atoms with Gasteiger partial charge in [0.15, 0.2) is 0 Å². The van der Waals surface area contributed by atoms with E-state index in [2.05, 4.69) is 11.9 Å². The van der Waals surface area contributed by atoms with Crippen molar-refractivity contribution in [2.45, 2.75) is 50.7 Å². The van der Waals surface area contributed by atoms with Crippen molar-refractivity contribution in [3.63, 3.8) is 0 Å². The summed E-state index contributed by atoms with van der Waals surface area (Å²) in [5.74, 6) is -0.108. The molecule has 9 nitrogen and oxygen atoms in total. The number of carbonyl (C=O) groups excluding carboxylic acids is 1. The third-order valence-corrected chi connectivity index (χ3v) is 9.72. The molecule has 2 heterocycles. The molecule has 0 atom stereocenters. The Hall–Kier alpha value is -5.00. The molecule has 0 spiro atoms. The molecule has 5 aromatic rings. The normalized spacial score (nSPS) is 11.7. The summed E-state index contributed by atoms with van der Waals surface area (Å²) in [6, 6.07) is 26.7. The number of imidazole rings is 1. The first-order chi connectivity index (χ1) is 22.7. The summed E-state index contributed by atoms with van der Waals surface area (Å²) in [6.07, 6.45) is 5.35. The number of benzene rings is 3. The fraction of sp³-hybridized carbons (Fsp3) is 0.194. The molecule has 0 radical (unpaired) electrons. The first kappa shape index (κ1) is 33.4. The third kappa shape index (κ3) is 8.84. The van der Waals surface area contributed by atoms with E-state index in [1.165, 1.54) is 17.4 Å². The lowest BCUT2D eigenvalue weighted by molar-refractivity contribution is -0.132. The Morgan fingerprint density at radius 2 is 1.70 bits per heavy atom. The molecule has 2 N–H and O–H groups in total. The van der Waals surface area contributed by atoms with Crippen LogP contribution >= 0.6 is 11.3 Å². The molecular weight excluding hydrogens is 635 g/mol. The molecule has 47 heavy (non-hydrogen) atoms. The highest BCUT2D eigenvalue weighted by molar-refractivity contribution is 7.90. The van der Waals surface area contributed by atoms with Gasteiger partial charge in [-0.15, -0.1) is 11.3 Å². The molecule has 0 saturated heterocycles. The van der Waals surface area contributed by atoms with E-state index in [1.807, 2.05) is 57.1 Å². The van der Waals surface area contributed by atoms with Crippen LogP contribution in [0.3, 0.4) is 0 Å². The molecule has 3 aromatic carbocycles. The number of unbranched alkanes of at least 4 members (excludes halogenated alkanes) is 1. The third-order valence-electron chi connectivity index (χ3n) is 7.48. The van der Waals surface area contributed by atoms with Crippen molar-refractivity contribution in [2.75, 3.05) is 0 Å². The number of hydrogen-bond donors (Lipinski definition) is 2. The number of thiophene rings is 1. The largest absolute Gasteiger partial charge is 0.478 e. The maximum Gasteiger partial charge on any atom is 0.421 e. The lowest BCUT2D eigenvalue weighted by Gasteiger charge is -2.14. The summed E-state index contributed by atoms with van der Waals surface area (Å²) in [5, 5.41) is 11.9. The fourth-order valence-corrected chi connectivity index (χ4v) is 6.91. The van der Waals surface area contributed by atoms with Gasteiger partial charge in [-0.05, 0) is 46.7 Å². The first-order valence-corrected chi connectivity index (χ1v) is 17.5. The molecule has 242 valence electrons. The number of aryl methyl sites for hydroxylation is 1. The monoisotopic (exact) mass is 669 g/mol. The van der Waals surface area contributed by atoms with Crippen LogP contribution in [-0.4, -0.2) is 35.1 Å². The summed E-state index contributed by atoms with van der Waals surface area (Å²) < 4.78 is 35.7. The summed E-state index contributed by atoms with van der Waals surface area (Å²) in [5.41, 5.74) is 3.72. The molecule has 11 heteroatoms. The van der Waals surface area contributed by atoms with E-state index in [9.17, 15) is 23.1 Å². The average Bonchev–Trinajstić information content (AvgIpc) is 3.73. The van der Waals surface area contributed by atoms with E-state index in [1.54, 1.807) is 54.7 Å². The maximum atomic E-state index is 13.3. The second-order valence-electron chi connectivity index (χ2n) is 10.9. The summed E-state index contributed by atoms with van der Waals surface area (Å²) in [7, 11) is -4.24. The molecule has 1 amide bonds. The predicted octanol–water partition coefficient (Wildman–Crippen LogP) is 7.33. The number of hydrogen-bond acceptors (Lipinski definition) is 7. The second-order valence-corrected chi connectivity index (χ2v) is 13.6. The van der Waals surface area contributed by atoms with Crippen molar-refractivity contribution >= 4 is 39.5 Å². The molecule has 0 unspecified atom stereocenters. The molecule has 0 saturated carbocycles. The SMILES string of the molecule is CCCCc1ncc(C=C(Cc2cccs2)C(=O)O)n1Cc1ccc(-c2ccccc2S(=O)(=O)NC(=O)OCc2ccccc2)cc1. The van der Waals surface area contributed by atoms with Crippen LogP contribution in [-0.2, 0) is 45.5 Å². The Morgan fingerprint density at radius 3 is 2.40 bits per heavy atom. The minimum atomic E-state index is -4.24. The van der Waals surface area contributed by atoms with Gasteiger partial charge in [-0.1, -0.05) is 92.2 Å². The van der Waals surface area contributed by atoms with Gasteiger partial charge in [-0.3, -0.25) is 0 Å². The summed E-state index contributed by atoms with van der Waals surface area (Å²) in [6.45, 7) is 2.50. The van der Waals surface area contributed by atoms with Crippen molar-refractivity contribution in [1.29, 1.82) is 0 Å². The van der Waals surface area contributed by atoms with E-state index in [0.717, 1.165) is 41.1 Å². The second kappa shape index (κ2) is 15.5. The van der Waals surface area contributed by atoms with Crippen LogP contribution in [0.5, 0.6) is 0 Å². The standard InChI is InChI=1S/C36H35N3O6S2/c1-2-3-15-34-37-23-30(21-29(35(40)41)22-31-12-9-20-46-31)39(34)24-26-16-18-28(19-17-26)32-13-7-8-14-33(32)47(43,44)38-36(42)45-25-27-10-5-4-6-11-27/h4-14,16-21,23H,2-3,15,22,24-25H2,1H3,(H,38,42)(H,40,41). The fourth-order valence-electron chi connectivity index (χ4n) is 5.06. The number of ether oxygens (including phenoxy) is 1. The minimum Gasteiger partial charge on any atom is -0.478 e. The van der Waals surface area contributed by atoms with Crippen molar-refractivity contribution in [3.8, 4) is 11.1 Å².